The van der Waals surface area contributed by atoms with Crippen LogP contribution < -0.4 is 15.5 Å². The van der Waals surface area contributed by atoms with Crippen molar-refractivity contribution in [1.82, 2.24) is 20.2 Å². The Kier molecular flexibility index (Phi) is 7.14. The summed E-state index contributed by atoms with van der Waals surface area (Å²) in [6, 6.07) is 0.0289. The van der Waals surface area contributed by atoms with Crippen molar-refractivity contribution in [3.63, 3.8) is 0 Å². The maximum Gasteiger partial charge on any atom is 0.245 e. The maximum atomic E-state index is 12.2. The monoisotopic (exact) mass is 468 g/mol. The first kappa shape index (κ1) is 24.5. The van der Waals surface area contributed by atoms with Gasteiger partial charge in [-0.1, -0.05) is 27.4 Å². The first-order chi connectivity index (χ1) is 16.2. The van der Waals surface area contributed by atoms with Crippen LogP contribution in [-0.4, -0.2) is 66.0 Å². The number of amides is 2. The van der Waals surface area contributed by atoms with Gasteiger partial charge in [0.1, 0.15) is 5.82 Å². The maximum absolute atomic E-state index is 12.2. The van der Waals surface area contributed by atoms with Gasteiger partial charge in [0.2, 0.25) is 17.8 Å². The van der Waals surface area contributed by atoms with Crippen molar-refractivity contribution >= 4 is 23.6 Å². The minimum atomic E-state index is 0.0156. The SMILES string of the molecule is C=CC(=O)N1CC2(CCN(c3nc4c(c(N[C@H](CC(=O)NC)CC(C)C)n3)CCC(C)C4)C2)C1. The molecule has 0 aromatic carbocycles. The van der Waals surface area contributed by atoms with Gasteiger partial charge < -0.3 is 20.4 Å². The number of carbonyl (C=O) groups is 2. The van der Waals surface area contributed by atoms with E-state index in [1.54, 1.807) is 7.05 Å². The van der Waals surface area contributed by atoms with Crippen molar-refractivity contribution in [2.75, 3.05) is 43.4 Å². The number of carbonyl (C=O) groups excluding carboxylic acids is 2. The number of hydrogen-bond acceptors (Lipinski definition) is 6. The van der Waals surface area contributed by atoms with E-state index in [1.165, 1.54) is 11.6 Å². The Morgan fingerprint density at radius 3 is 2.71 bits per heavy atom. The van der Waals surface area contributed by atoms with Gasteiger partial charge >= 0.3 is 0 Å². The van der Waals surface area contributed by atoms with E-state index >= 15 is 0 Å². The second-order valence-corrected chi connectivity index (χ2v) is 11.1. The normalized spacial score (nSPS) is 21.7. The first-order valence-corrected chi connectivity index (χ1v) is 12.7. The van der Waals surface area contributed by atoms with Gasteiger partial charge in [0.05, 0.1) is 5.69 Å². The van der Waals surface area contributed by atoms with Crippen molar-refractivity contribution in [2.24, 2.45) is 17.3 Å². The number of rotatable bonds is 8. The van der Waals surface area contributed by atoms with E-state index in [9.17, 15) is 9.59 Å². The van der Waals surface area contributed by atoms with Gasteiger partial charge in [0.15, 0.2) is 0 Å². The third-order valence-corrected chi connectivity index (χ3v) is 7.58. The molecule has 2 amide bonds. The van der Waals surface area contributed by atoms with Gasteiger partial charge in [-0.05, 0) is 50.0 Å². The van der Waals surface area contributed by atoms with Crippen molar-refractivity contribution in [1.29, 1.82) is 0 Å². The highest BCUT2D eigenvalue weighted by atomic mass is 16.2. The molecule has 2 saturated heterocycles. The van der Waals surface area contributed by atoms with E-state index in [4.69, 9.17) is 9.97 Å². The van der Waals surface area contributed by atoms with Crippen LogP contribution >= 0.6 is 0 Å². The number of hydrogen-bond donors (Lipinski definition) is 2. The van der Waals surface area contributed by atoms with E-state index < -0.39 is 0 Å². The molecule has 8 nitrogen and oxygen atoms in total. The molecule has 1 aromatic heterocycles. The largest absolute Gasteiger partial charge is 0.366 e. The van der Waals surface area contributed by atoms with Crippen LogP contribution in [0.15, 0.2) is 12.7 Å². The quantitative estimate of drug-likeness (QED) is 0.570. The van der Waals surface area contributed by atoms with Crippen LogP contribution in [0.4, 0.5) is 11.8 Å². The fourth-order valence-electron chi connectivity index (χ4n) is 5.73. The van der Waals surface area contributed by atoms with Crippen LogP contribution in [0.2, 0.25) is 0 Å². The van der Waals surface area contributed by atoms with Crippen LogP contribution in [0.3, 0.4) is 0 Å². The second kappa shape index (κ2) is 9.92. The van der Waals surface area contributed by atoms with Crippen LogP contribution in [0.5, 0.6) is 0 Å². The molecule has 2 atom stereocenters. The first-order valence-electron chi connectivity index (χ1n) is 12.7. The van der Waals surface area contributed by atoms with Gasteiger partial charge in [-0.25, -0.2) is 4.98 Å². The zero-order chi connectivity index (χ0) is 24.5. The number of fused-ring (bicyclic) bond motifs is 1. The Bertz CT molecular complexity index is 939. The number of likely N-dealkylation sites (tertiary alicyclic amines) is 1. The van der Waals surface area contributed by atoms with E-state index in [0.717, 1.165) is 75.7 Å². The lowest BCUT2D eigenvalue weighted by molar-refractivity contribution is -0.136. The summed E-state index contributed by atoms with van der Waals surface area (Å²) in [5, 5.41) is 6.42. The molecule has 2 aliphatic heterocycles. The predicted molar refractivity (Wildman–Crippen MR) is 135 cm³/mol. The third kappa shape index (κ3) is 5.20. The third-order valence-electron chi connectivity index (χ3n) is 7.58. The molecule has 34 heavy (non-hydrogen) atoms. The summed E-state index contributed by atoms with van der Waals surface area (Å²) in [7, 11) is 1.69. The number of anilines is 2. The fraction of sp³-hybridized carbons (Fsp3) is 0.692. The van der Waals surface area contributed by atoms with E-state index in [2.05, 4.69) is 42.9 Å². The van der Waals surface area contributed by atoms with Crippen molar-refractivity contribution in [2.45, 2.75) is 65.3 Å². The lowest BCUT2D eigenvalue weighted by atomic mass is 9.79. The minimum Gasteiger partial charge on any atom is -0.366 e. The molecule has 1 spiro atoms. The summed E-state index contributed by atoms with van der Waals surface area (Å²) in [6.45, 7) is 13.6. The van der Waals surface area contributed by atoms with Gasteiger partial charge in [-0.3, -0.25) is 9.59 Å². The minimum absolute atomic E-state index is 0.0156. The topological polar surface area (TPSA) is 90.5 Å². The van der Waals surface area contributed by atoms with Gasteiger partial charge in [-0.2, -0.15) is 4.98 Å². The van der Waals surface area contributed by atoms with Crippen molar-refractivity contribution in [3.05, 3.63) is 23.9 Å². The predicted octanol–water partition coefficient (Wildman–Crippen LogP) is 2.79. The molecule has 3 aliphatic rings. The Hall–Kier alpha value is -2.64. The highest BCUT2D eigenvalue weighted by molar-refractivity contribution is 5.87. The van der Waals surface area contributed by atoms with Gasteiger partial charge in [0, 0.05) is 56.7 Å². The number of nitrogens with zero attached hydrogens (tertiary/aromatic N) is 4. The van der Waals surface area contributed by atoms with Crippen molar-refractivity contribution < 1.29 is 9.59 Å². The van der Waals surface area contributed by atoms with Gasteiger partial charge in [0.25, 0.3) is 0 Å². The summed E-state index contributed by atoms with van der Waals surface area (Å²) in [4.78, 5) is 38.4. The number of aromatic nitrogens is 2. The average molecular weight is 469 g/mol. The standard InChI is InChI=1S/C26H40N6O2/c1-6-23(34)32-15-26(16-32)9-10-31(14-26)25-29-21-12-18(4)7-8-20(21)24(30-25)28-19(11-17(2)3)13-22(33)27-5/h6,17-19H,1,7-16H2,2-5H3,(H,27,33)(H,28,29,30)/t18?,19-/m0/s1. The Morgan fingerprint density at radius 2 is 2.03 bits per heavy atom. The molecule has 186 valence electrons. The molecular formula is C26H40N6O2. The Balaban J connectivity index is 1.57. The summed E-state index contributed by atoms with van der Waals surface area (Å²) in [5.41, 5.74) is 2.50. The Labute approximate surface area is 203 Å². The molecule has 0 saturated carbocycles. The molecule has 1 aliphatic carbocycles. The highest BCUT2D eigenvalue weighted by Crippen LogP contribution is 2.41. The molecule has 2 N–H and O–H groups in total. The molecule has 0 bridgehead atoms. The molecular weight excluding hydrogens is 428 g/mol. The fourth-order valence-corrected chi connectivity index (χ4v) is 5.73. The summed E-state index contributed by atoms with van der Waals surface area (Å²) < 4.78 is 0. The summed E-state index contributed by atoms with van der Waals surface area (Å²) >= 11 is 0. The summed E-state index contributed by atoms with van der Waals surface area (Å²) in [5.74, 6) is 2.82. The summed E-state index contributed by atoms with van der Waals surface area (Å²) in [6.07, 6.45) is 6.84. The Morgan fingerprint density at radius 1 is 1.26 bits per heavy atom. The van der Waals surface area contributed by atoms with Crippen LogP contribution in [0.25, 0.3) is 0 Å². The van der Waals surface area contributed by atoms with Gasteiger partial charge in [-0.15, -0.1) is 0 Å². The molecule has 4 rings (SSSR count). The van der Waals surface area contributed by atoms with E-state index in [1.807, 2.05) is 4.90 Å². The van der Waals surface area contributed by atoms with E-state index in [0.29, 0.717) is 18.3 Å². The molecule has 1 unspecified atom stereocenters. The lowest BCUT2D eigenvalue weighted by Crippen LogP contribution is -2.59. The molecule has 2 fully saturated rings. The lowest BCUT2D eigenvalue weighted by Gasteiger charge is -2.47. The zero-order valence-corrected chi connectivity index (χ0v) is 21.2. The number of nitrogens with one attached hydrogen (secondary N) is 2. The molecule has 3 heterocycles. The van der Waals surface area contributed by atoms with Crippen LogP contribution in [0, 0.1) is 17.3 Å². The van der Waals surface area contributed by atoms with Crippen molar-refractivity contribution in [3.8, 4) is 0 Å². The van der Waals surface area contributed by atoms with Crippen LogP contribution in [0.1, 0.15) is 57.7 Å². The second-order valence-electron chi connectivity index (χ2n) is 11.1. The average Bonchev–Trinajstić information content (AvgIpc) is 3.22. The highest BCUT2D eigenvalue weighted by Gasteiger charge is 2.49. The van der Waals surface area contributed by atoms with E-state index in [-0.39, 0.29) is 23.3 Å². The smallest absolute Gasteiger partial charge is 0.245 e. The molecule has 8 heteroatoms. The molecule has 0 radical (unpaired) electrons. The van der Waals surface area contributed by atoms with Crippen LogP contribution in [-0.2, 0) is 22.4 Å². The molecule has 1 aromatic rings. The zero-order valence-electron chi connectivity index (χ0n) is 21.2.